The van der Waals surface area contributed by atoms with E-state index in [9.17, 15) is 4.79 Å². The van der Waals surface area contributed by atoms with Crippen LogP contribution in [0, 0.1) is 6.92 Å². The molecule has 2 aromatic heterocycles. The van der Waals surface area contributed by atoms with Crippen molar-refractivity contribution < 1.29 is 9.53 Å². The number of aromatic nitrogens is 2. The molecule has 1 N–H and O–H groups in total. The average Bonchev–Trinajstić information content (AvgIpc) is 3.18. The number of carbonyl (C=O) groups is 1. The van der Waals surface area contributed by atoms with Gasteiger partial charge in [0.15, 0.2) is 10.7 Å². The van der Waals surface area contributed by atoms with Gasteiger partial charge in [0.05, 0.1) is 25.4 Å². The van der Waals surface area contributed by atoms with Crippen LogP contribution in [0.5, 0.6) is 5.75 Å². The smallest absolute Gasteiger partial charge is 0.269 e. The zero-order valence-electron chi connectivity index (χ0n) is 14.9. The monoisotopic (exact) mass is 417 g/mol. The maximum Gasteiger partial charge on any atom is 0.269 e. The molecule has 2 aromatic carbocycles. The van der Waals surface area contributed by atoms with Crippen LogP contribution in [0.3, 0.4) is 0 Å². The van der Waals surface area contributed by atoms with Crippen molar-refractivity contribution >= 4 is 65.7 Å². The minimum Gasteiger partial charge on any atom is -0.478 e. The van der Waals surface area contributed by atoms with E-state index < -0.39 is 5.60 Å². The van der Waals surface area contributed by atoms with Crippen molar-refractivity contribution in [1.82, 2.24) is 9.97 Å². The number of halogens is 1. The van der Waals surface area contributed by atoms with Crippen LogP contribution < -0.4 is 10.1 Å². The zero-order chi connectivity index (χ0) is 19.2. The van der Waals surface area contributed by atoms with Gasteiger partial charge in [0.25, 0.3) is 5.91 Å². The molecule has 27 heavy (non-hydrogen) atoms. The highest BCUT2D eigenvalue weighted by Crippen LogP contribution is 2.36. The summed E-state index contributed by atoms with van der Waals surface area (Å²) in [4.78, 5) is 21.8. The first-order valence-electron chi connectivity index (χ1n) is 8.24. The summed E-state index contributed by atoms with van der Waals surface area (Å²) in [6.45, 7) is 5.42. The van der Waals surface area contributed by atoms with Crippen molar-refractivity contribution in [3.05, 3.63) is 46.4 Å². The number of hydrogen-bond acceptors (Lipinski definition) is 6. The van der Waals surface area contributed by atoms with E-state index in [1.807, 2.05) is 19.1 Å². The number of aryl methyl sites for hydroxylation is 1. The van der Waals surface area contributed by atoms with Gasteiger partial charge in [-0.3, -0.25) is 10.1 Å². The van der Waals surface area contributed by atoms with Gasteiger partial charge in [0.1, 0.15) is 5.75 Å². The van der Waals surface area contributed by atoms with Gasteiger partial charge < -0.3 is 4.74 Å². The highest BCUT2D eigenvalue weighted by atomic mass is 35.5. The Morgan fingerprint density at radius 1 is 1.04 bits per heavy atom. The van der Waals surface area contributed by atoms with Crippen molar-refractivity contribution in [2.45, 2.75) is 26.4 Å². The van der Waals surface area contributed by atoms with E-state index in [0.717, 1.165) is 25.4 Å². The lowest BCUT2D eigenvalue weighted by molar-refractivity contribution is -0.128. The Kier molecular flexibility index (Phi) is 4.53. The van der Waals surface area contributed by atoms with E-state index in [1.165, 1.54) is 11.3 Å². The molecule has 0 saturated carbocycles. The molecule has 0 radical (unpaired) electrons. The Labute approximate surface area is 169 Å². The lowest BCUT2D eigenvalue weighted by atomic mass is 10.1. The molecule has 0 fully saturated rings. The Hall–Kier alpha value is -2.22. The summed E-state index contributed by atoms with van der Waals surface area (Å²) >= 11 is 8.97. The first-order valence-corrected chi connectivity index (χ1v) is 10.3. The van der Waals surface area contributed by atoms with Crippen LogP contribution in [0.25, 0.3) is 20.4 Å². The number of fused-ring (bicyclic) bond motifs is 3. The lowest BCUT2D eigenvalue weighted by Gasteiger charge is -2.24. The number of thiazole rings is 2. The molecule has 0 saturated heterocycles. The Morgan fingerprint density at radius 3 is 2.37 bits per heavy atom. The van der Waals surface area contributed by atoms with Crippen molar-refractivity contribution in [2.24, 2.45) is 0 Å². The molecule has 0 unspecified atom stereocenters. The number of nitrogens with zero attached hydrogens (tertiary/aromatic N) is 2. The molecule has 138 valence electrons. The topological polar surface area (TPSA) is 64.1 Å². The van der Waals surface area contributed by atoms with Crippen LogP contribution in [-0.2, 0) is 4.79 Å². The molecule has 0 bridgehead atoms. The second-order valence-corrected chi connectivity index (χ2v) is 9.17. The summed E-state index contributed by atoms with van der Waals surface area (Å²) in [6.07, 6.45) is 0. The number of ether oxygens (including phenoxy) is 1. The van der Waals surface area contributed by atoms with Crippen LogP contribution in [0.15, 0.2) is 36.4 Å². The van der Waals surface area contributed by atoms with Gasteiger partial charge in [-0.15, -0.1) is 11.3 Å². The second-order valence-electron chi connectivity index (χ2n) is 6.53. The third kappa shape index (κ3) is 3.63. The summed E-state index contributed by atoms with van der Waals surface area (Å²) in [5, 5.41) is 5.04. The predicted octanol–water partition coefficient (Wildman–Crippen LogP) is 5.66. The Balaban J connectivity index is 1.57. The molecule has 5 nitrogen and oxygen atoms in total. The summed E-state index contributed by atoms with van der Waals surface area (Å²) in [5.41, 5.74) is 0.739. The van der Waals surface area contributed by atoms with Crippen LogP contribution in [0.4, 0.5) is 5.13 Å². The van der Waals surface area contributed by atoms with E-state index in [1.54, 1.807) is 49.4 Å². The van der Waals surface area contributed by atoms with Gasteiger partial charge in [-0.25, -0.2) is 9.97 Å². The van der Waals surface area contributed by atoms with Gasteiger partial charge in [-0.1, -0.05) is 22.9 Å². The SMILES string of the molecule is Cc1nc2ccc3nc(NC(=O)C(C)(C)Oc4ccc(Cl)cc4)sc3c2s1. The van der Waals surface area contributed by atoms with E-state index in [2.05, 4.69) is 15.3 Å². The van der Waals surface area contributed by atoms with Gasteiger partial charge in [0, 0.05) is 5.02 Å². The largest absolute Gasteiger partial charge is 0.478 e. The minimum absolute atomic E-state index is 0.270. The molecule has 2 heterocycles. The van der Waals surface area contributed by atoms with E-state index in [4.69, 9.17) is 16.3 Å². The van der Waals surface area contributed by atoms with E-state index in [-0.39, 0.29) is 5.91 Å². The molecule has 0 aliphatic rings. The van der Waals surface area contributed by atoms with Crippen LogP contribution in [0.2, 0.25) is 5.02 Å². The second kappa shape index (κ2) is 6.74. The minimum atomic E-state index is -1.07. The fraction of sp³-hybridized carbons (Fsp3) is 0.211. The maximum atomic E-state index is 12.7. The number of carbonyl (C=O) groups excluding carboxylic acids is 1. The van der Waals surface area contributed by atoms with Gasteiger partial charge in [-0.2, -0.15) is 0 Å². The first kappa shape index (κ1) is 18.2. The first-order chi connectivity index (χ1) is 12.8. The van der Waals surface area contributed by atoms with Gasteiger partial charge in [0.2, 0.25) is 0 Å². The molecule has 8 heteroatoms. The van der Waals surface area contributed by atoms with Crippen LogP contribution >= 0.6 is 34.3 Å². The van der Waals surface area contributed by atoms with Gasteiger partial charge >= 0.3 is 0 Å². The fourth-order valence-corrected chi connectivity index (χ4v) is 4.76. The molecule has 4 aromatic rings. The number of anilines is 1. The molecule has 0 aliphatic heterocycles. The average molecular weight is 418 g/mol. The van der Waals surface area contributed by atoms with Crippen molar-refractivity contribution in [3.63, 3.8) is 0 Å². The Bertz CT molecular complexity index is 1150. The number of benzene rings is 2. The van der Waals surface area contributed by atoms with E-state index >= 15 is 0 Å². The fourth-order valence-electron chi connectivity index (χ4n) is 2.63. The third-order valence-electron chi connectivity index (χ3n) is 3.97. The Morgan fingerprint density at radius 2 is 1.67 bits per heavy atom. The van der Waals surface area contributed by atoms with Gasteiger partial charge in [-0.05, 0) is 57.2 Å². The molecule has 0 atom stereocenters. The quantitative estimate of drug-likeness (QED) is 0.465. The highest BCUT2D eigenvalue weighted by molar-refractivity contribution is 7.28. The predicted molar refractivity (Wildman–Crippen MR) is 112 cm³/mol. The lowest BCUT2D eigenvalue weighted by Crippen LogP contribution is -2.42. The molecule has 0 spiro atoms. The van der Waals surface area contributed by atoms with E-state index in [0.29, 0.717) is 15.9 Å². The number of rotatable bonds is 4. The zero-order valence-corrected chi connectivity index (χ0v) is 17.3. The normalized spacial score (nSPS) is 11.9. The van der Waals surface area contributed by atoms with Crippen molar-refractivity contribution in [2.75, 3.05) is 5.32 Å². The summed E-state index contributed by atoms with van der Waals surface area (Å²) < 4.78 is 7.97. The van der Waals surface area contributed by atoms with Crippen molar-refractivity contribution in [3.8, 4) is 5.75 Å². The molecular weight excluding hydrogens is 402 g/mol. The summed E-state index contributed by atoms with van der Waals surface area (Å²) in [6, 6.07) is 10.8. The molecular formula is C19H16ClN3O2S2. The maximum absolute atomic E-state index is 12.7. The number of nitrogens with one attached hydrogen (secondary N) is 1. The molecule has 1 amide bonds. The summed E-state index contributed by atoms with van der Waals surface area (Å²) in [7, 11) is 0. The number of amides is 1. The highest BCUT2D eigenvalue weighted by Gasteiger charge is 2.31. The summed E-state index contributed by atoms with van der Waals surface area (Å²) in [5.74, 6) is 0.305. The molecule has 4 rings (SSSR count). The number of hydrogen-bond donors (Lipinski definition) is 1. The van der Waals surface area contributed by atoms with Crippen LogP contribution in [-0.4, -0.2) is 21.5 Å². The molecule has 0 aliphatic carbocycles. The third-order valence-corrected chi connectivity index (χ3v) is 6.36. The standard InChI is InChI=1S/C19H16ClN3O2S2/c1-10-21-13-8-9-14-16(15(13)26-10)27-18(22-14)23-17(24)19(2,3)25-12-6-4-11(20)5-7-12/h4-9H,1-3H3,(H,22,23,24). The van der Waals surface area contributed by atoms with Crippen LogP contribution in [0.1, 0.15) is 18.9 Å². The van der Waals surface area contributed by atoms with Crippen molar-refractivity contribution in [1.29, 1.82) is 0 Å².